The highest BCUT2D eigenvalue weighted by Gasteiger charge is 2.25. The summed E-state index contributed by atoms with van der Waals surface area (Å²) in [6.45, 7) is 7.67. The Labute approximate surface area is 151 Å². The molecular formula is C17H21N3O4S. The van der Waals surface area contributed by atoms with Gasteiger partial charge in [0.2, 0.25) is 5.91 Å². The fraction of sp³-hybridized carbons (Fsp3) is 0.529. The van der Waals surface area contributed by atoms with Gasteiger partial charge in [-0.1, -0.05) is 11.8 Å². The number of aromatic nitrogens is 1. The third-order valence-corrected chi connectivity index (χ3v) is 4.84. The molecule has 1 amide bonds. The molecule has 2 heterocycles. The second-order valence-electron chi connectivity index (χ2n) is 5.50. The van der Waals surface area contributed by atoms with Crippen molar-refractivity contribution in [1.82, 2.24) is 9.88 Å². The first-order valence-corrected chi connectivity index (χ1v) is 8.98. The highest BCUT2D eigenvalue weighted by Crippen LogP contribution is 2.28. The van der Waals surface area contributed by atoms with Crippen LogP contribution in [0.2, 0.25) is 0 Å². The average molecular weight is 363 g/mol. The van der Waals surface area contributed by atoms with Crippen LogP contribution in [0.4, 0.5) is 0 Å². The first-order chi connectivity index (χ1) is 12.0. The zero-order valence-electron chi connectivity index (χ0n) is 14.6. The minimum absolute atomic E-state index is 0.00823. The van der Waals surface area contributed by atoms with Crippen molar-refractivity contribution >= 4 is 23.6 Å². The summed E-state index contributed by atoms with van der Waals surface area (Å²) in [5, 5.41) is 9.44. The second kappa shape index (κ2) is 8.83. The lowest BCUT2D eigenvalue weighted by Crippen LogP contribution is -2.44. The van der Waals surface area contributed by atoms with Crippen LogP contribution >= 0.6 is 11.8 Å². The van der Waals surface area contributed by atoms with E-state index in [0.29, 0.717) is 37.0 Å². The number of hydrogen-bond acceptors (Lipinski definition) is 7. The standard InChI is InChI=1S/C17H21N3O4S/c1-4-24-17(22)14-9-13(10-18)15(19-11(14)2)25-12(3)16(21)20-5-7-23-8-6-20/h9,12H,4-8H2,1-3H3/t12-/m1/s1. The fourth-order valence-corrected chi connectivity index (χ4v) is 3.43. The largest absolute Gasteiger partial charge is 0.462 e. The lowest BCUT2D eigenvalue weighted by molar-refractivity contribution is -0.134. The zero-order valence-corrected chi connectivity index (χ0v) is 15.4. The summed E-state index contributed by atoms with van der Waals surface area (Å²) in [6, 6.07) is 3.53. The average Bonchev–Trinajstić information content (AvgIpc) is 2.62. The minimum Gasteiger partial charge on any atom is -0.462 e. The highest BCUT2D eigenvalue weighted by molar-refractivity contribution is 8.00. The van der Waals surface area contributed by atoms with Crippen molar-refractivity contribution in [2.45, 2.75) is 31.0 Å². The maximum atomic E-state index is 12.5. The van der Waals surface area contributed by atoms with E-state index in [1.54, 1.807) is 25.7 Å². The number of esters is 1. The number of ether oxygens (including phenoxy) is 2. The summed E-state index contributed by atoms with van der Waals surface area (Å²) in [5.74, 6) is -0.510. The summed E-state index contributed by atoms with van der Waals surface area (Å²) in [4.78, 5) is 30.6. The summed E-state index contributed by atoms with van der Waals surface area (Å²) in [5.41, 5.74) is 1.01. The number of amides is 1. The van der Waals surface area contributed by atoms with Gasteiger partial charge in [0.25, 0.3) is 0 Å². The number of nitrogens with zero attached hydrogens (tertiary/aromatic N) is 3. The predicted molar refractivity (Wildman–Crippen MR) is 92.4 cm³/mol. The minimum atomic E-state index is -0.502. The molecule has 25 heavy (non-hydrogen) atoms. The van der Waals surface area contributed by atoms with Gasteiger partial charge in [0.1, 0.15) is 11.1 Å². The van der Waals surface area contributed by atoms with Crippen molar-refractivity contribution in [3.05, 3.63) is 22.9 Å². The van der Waals surface area contributed by atoms with Crippen LogP contribution in [-0.2, 0) is 14.3 Å². The molecular weight excluding hydrogens is 342 g/mol. The first kappa shape index (κ1) is 19.2. The van der Waals surface area contributed by atoms with Gasteiger partial charge in [-0.05, 0) is 26.8 Å². The SMILES string of the molecule is CCOC(=O)c1cc(C#N)c(S[C@H](C)C(=O)N2CCOCC2)nc1C. The molecule has 1 fully saturated rings. The Morgan fingerprint density at radius 2 is 2.16 bits per heavy atom. The molecule has 0 aromatic carbocycles. The number of pyridine rings is 1. The van der Waals surface area contributed by atoms with Gasteiger partial charge in [0.05, 0.1) is 41.9 Å². The van der Waals surface area contributed by atoms with Crippen LogP contribution in [0.3, 0.4) is 0 Å². The first-order valence-electron chi connectivity index (χ1n) is 8.10. The summed E-state index contributed by atoms with van der Waals surface area (Å²) >= 11 is 1.23. The molecule has 1 aliphatic rings. The molecule has 2 rings (SSSR count). The Kier molecular flexibility index (Phi) is 6.79. The third kappa shape index (κ3) is 4.71. The normalized spacial score (nSPS) is 15.4. The van der Waals surface area contributed by atoms with E-state index >= 15 is 0 Å². The molecule has 0 radical (unpaired) electrons. The number of aryl methyl sites for hydroxylation is 1. The summed E-state index contributed by atoms with van der Waals surface area (Å²) < 4.78 is 10.2. The van der Waals surface area contributed by atoms with Crippen LogP contribution in [0.15, 0.2) is 11.1 Å². The van der Waals surface area contributed by atoms with E-state index in [4.69, 9.17) is 9.47 Å². The van der Waals surface area contributed by atoms with Gasteiger partial charge in [-0.15, -0.1) is 0 Å². The number of nitriles is 1. The van der Waals surface area contributed by atoms with Gasteiger partial charge < -0.3 is 14.4 Å². The van der Waals surface area contributed by atoms with Gasteiger partial charge in [-0.25, -0.2) is 9.78 Å². The number of thioether (sulfide) groups is 1. The molecule has 0 unspecified atom stereocenters. The van der Waals surface area contributed by atoms with E-state index in [1.165, 1.54) is 17.8 Å². The molecule has 0 bridgehead atoms. The van der Waals surface area contributed by atoms with Crippen LogP contribution in [0.1, 0.15) is 35.5 Å². The maximum absolute atomic E-state index is 12.5. The summed E-state index contributed by atoms with van der Waals surface area (Å²) in [6.07, 6.45) is 0. The van der Waals surface area contributed by atoms with Gasteiger partial charge in [-0.2, -0.15) is 5.26 Å². The van der Waals surface area contributed by atoms with Crippen molar-refractivity contribution < 1.29 is 19.1 Å². The molecule has 1 aromatic rings. The number of hydrogen-bond donors (Lipinski definition) is 0. The van der Waals surface area contributed by atoms with E-state index < -0.39 is 5.97 Å². The molecule has 1 aromatic heterocycles. The molecule has 8 heteroatoms. The van der Waals surface area contributed by atoms with Crippen molar-refractivity contribution in [1.29, 1.82) is 5.26 Å². The van der Waals surface area contributed by atoms with Gasteiger partial charge in [0, 0.05) is 13.1 Å². The van der Waals surface area contributed by atoms with E-state index in [9.17, 15) is 14.9 Å². The Balaban J connectivity index is 2.18. The summed E-state index contributed by atoms with van der Waals surface area (Å²) in [7, 11) is 0. The second-order valence-corrected chi connectivity index (χ2v) is 6.83. The van der Waals surface area contributed by atoms with Crippen molar-refractivity contribution in [3.8, 4) is 6.07 Å². The molecule has 0 spiro atoms. The van der Waals surface area contributed by atoms with Crippen molar-refractivity contribution in [2.24, 2.45) is 0 Å². The molecule has 1 saturated heterocycles. The monoisotopic (exact) mass is 363 g/mol. The van der Waals surface area contributed by atoms with Crippen molar-refractivity contribution in [3.63, 3.8) is 0 Å². The maximum Gasteiger partial charge on any atom is 0.340 e. The van der Waals surface area contributed by atoms with Gasteiger partial charge in [0.15, 0.2) is 0 Å². The van der Waals surface area contributed by atoms with Gasteiger partial charge >= 0.3 is 5.97 Å². The van der Waals surface area contributed by atoms with Crippen LogP contribution in [0, 0.1) is 18.3 Å². The molecule has 1 atom stereocenters. The van der Waals surface area contributed by atoms with Crippen LogP contribution in [0.25, 0.3) is 0 Å². The van der Waals surface area contributed by atoms with Crippen molar-refractivity contribution in [2.75, 3.05) is 32.9 Å². The fourth-order valence-electron chi connectivity index (χ4n) is 2.43. The van der Waals surface area contributed by atoms with E-state index in [0.717, 1.165) is 0 Å². The molecule has 0 N–H and O–H groups in total. The number of rotatable bonds is 5. The number of carbonyl (C=O) groups is 2. The Bertz CT molecular complexity index is 696. The third-order valence-electron chi connectivity index (χ3n) is 3.75. The molecule has 0 saturated carbocycles. The lowest BCUT2D eigenvalue weighted by Gasteiger charge is -2.29. The Morgan fingerprint density at radius 3 is 2.76 bits per heavy atom. The van der Waals surface area contributed by atoms with Crippen LogP contribution in [0.5, 0.6) is 0 Å². The van der Waals surface area contributed by atoms with E-state index in [-0.39, 0.29) is 28.9 Å². The zero-order chi connectivity index (χ0) is 18.4. The molecule has 134 valence electrons. The van der Waals surface area contributed by atoms with E-state index in [2.05, 4.69) is 4.98 Å². The van der Waals surface area contributed by atoms with Crippen LogP contribution in [-0.4, -0.2) is 59.9 Å². The number of carbonyl (C=O) groups excluding carboxylic acids is 2. The molecule has 7 nitrogen and oxygen atoms in total. The van der Waals surface area contributed by atoms with Gasteiger partial charge in [-0.3, -0.25) is 4.79 Å². The smallest absolute Gasteiger partial charge is 0.340 e. The molecule has 1 aliphatic heterocycles. The lowest BCUT2D eigenvalue weighted by atomic mass is 10.1. The topological polar surface area (TPSA) is 92.5 Å². The Morgan fingerprint density at radius 1 is 1.48 bits per heavy atom. The molecule has 0 aliphatic carbocycles. The van der Waals surface area contributed by atoms with Crippen LogP contribution < -0.4 is 0 Å². The predicted octanol–water partition coefficient (Wildman–Crippen LogP) is 1.78. The quantitative estimate of drug-likeness (QED) is 0.581. The Hall–Kier alpha value is -2.11. The number of morpholine rings is 1. The van der Waals surface area contributed by atoms with E-state index in [1.807, 2.05) is 6.07 Å². The highest BCUT2D eigenvalue weighted by atomic mass is 32.2.